The topological polar surface area (TPSA) is 84.7 Å². The fourth-order valence-electron chi connectivity index (χ4n) is 4.43. The summed E-state index contributed by atoms with van der Waals surface area (Å²) in [4.78, 5) is 26.1. The lowest BCUT2D eigenvalue weighted by Crippen LogP contribution is -2.36. The minimum absolute atomic E-state index is 0.0649. The number of hydrogen-bond donors (Lipinski definition) is 1. The Morgan fingerprint density at radius 2 is 1.80 bits per heavy atom. The number of aryl methyl sites for hydroxylation is 2. The first kappa shape index (κ1) is 18.6. The molecular formula is C23H21N3O4. The molecule has 7 heteroatoms. The quantitative estimate of drug-likeness (QED) is 0.527. The Labute approximate surface area is 173 Å². The molecule has 0 unspecified atom stereocenters. The van der Waals surface area contributed by atoms with Gasteiger partial charge in [-0.05, 0) is 47.6 Å². The summed E-state index contributed by atoms with van der Waals surface area (Å²) in [5, 5.41) is 16.8. The molecule has 1 aliphatic carbocycles. The van der Waals surface area contributed by atoms with Gasteiger partial charge >= 0.3 is 0 Å². The average molecular weight is 403 g/mol. The molecule has 5 rings (SSSR count). The molecule has 1 N–H and O–H groups in total. The minimum Gasteiger partial charge on any atom is -0.378 e. The van der Waals surface area contributed by atoms with Crippen LogP contribution in [0.25, 0.3) is 10.8 Å². The van der Waals surface area contributed by atoms with Crippen molar-refractivity contribution < 1.29 is 14.5 Å². The number of amides is 1. The van der Waals surface area contributed by atoms with Crippen LogP contribution in [0.4, 0.5) is 17.1 Å². The minimum atomic E-state index is -0.430. The van der Waals surface area contributed by atoms with Gasteiger partial charge in [-0.25, -0.2) is 0 Å². The summed E-state index contributed by atoms with van der Waals surface area (Å²) in [6, 6.07) is 14.8. The van der Waals surface area contributed by atoms with E-state index in [0.717, 1.165) is 23.9 Å². The number of ether oxygens (including phenoxy) is 1. The molecule has 3 aromatic rings. The molecule has 0 spiro atoms. The molecule has 3 aromatic carbocycles. The lowest BCUT2D eigenvalue weighted by molar-refractivity contribution is -0.384. The number of carbonyl (C=O) groups excluding carboxylic acids is 1. The molecule has 1 saturated heterocycles. The molecule has 0 saturated carbocycles. The van der Waals surface area contributed by atoms with E-state index in [-0.39, 0.29) is 17.2 Å². The standard InChI is InChI=1S/C23H21N3O4/c27-23(24-19-8-6-16-5-4-15-2-1-3-18(19)22(15)16)17-7-9-20(21(14-17)26(28)29)25-10-12-30-13-11-25/h1-3,6-9,14H,4-5,10-13H2,(H,24,27). The zero-order valence-corrected chi connectivity index (χ0v) is 16.4. The van der Waals surface area contributed by atoms with Crippen LogP contribution in [0.1, 0.15) is 21.5 Å². The monoisotopic (exact) mass is 403 g/mol. The summed E-state index contributed by atoms with van der Waals surface area (Å²) in [5.74, 6) is -0.356. The Balaban J connectivity index is 1.47. The number of carbonyl (C=O) groups is 1. The van der Waals surface area contributed by atoms with Gasteiger partial charge in [0.05, 0.1) is 18.1 Å². The highest BCUT2D eigenvalue weighted by Crippen LogP contribution is 2.35. The molecule has 0 aromatic heterocycles. The number of nitrogens with zero attached hydrogens (tertiary/aromatic N) is 2. The molecule has 0 radical (unpaired) electrons. The van der Waals surface area contributed by atoms with Crippen LogP contribution in [0.15, 0.2) is 48.5 Å². The van der Waals surface area contributed by atoms with Crippen LogP contribution >= 0.6 is 0 Å². The van der Waals surface area contributed by atoms with E-state index in [1.807, 2.05) is 23.1 Å². The molecule has 0 bridgehead atoms. The van der Waals surface area contributed by atoms with Gasteiger partial charge in [0.25, 0.3) is 11.6 Å². The normalized spacial score (nSPS) is 15.4. The number of benzene rings is 3. The van der Waals surface area contributed by atoms with Crippen LogP contribution in [0.5, 0.6) is 0 Å². The summed E-state index contributed by atoms with van der Waals surface area (Å²) in [5.41, 5.74) is 4.03. The second-order valence-electron chi connectivity index (χ2n) is 7.63. The summed E-state index contributed by atoms with van der Waals surface area (Å²) >= 11 is 0. The third-order valence-corrected chi connectivity index (χ3v) is 5.91. The van der Waals surface area contributed by atoms with Crippen molar-refractivity contribution in [1.82, 2.24) is 0 Å². The highest BCUT2D eigenvalue weighted by molar-refractivity contribution is 6.10. The van der Waals surface area contributed by atoms with Gasteiger partial charge < -0.3 is 15.0 Å². The lowest BCUT2D eigenvalue weighted by atomic mass is 10.0. The third-order valence-electron chi connectivity index (χ3n) is 5.91. The van der Waals surface area contributed by atoms with Crippen LogP contribution in [0, 0.1) is 10.1 Å². The molecule has 152 valence electrons. The SMILES string of the molecule is O=C(Nc1ccc2c3c(cccc13)CC2)c1ccc(N2CCOCC2)c([N+](=O)[O-])c1. The van der Waals surface area contributed by atoms with Gasteiger partial charge in [-0.2, -0.15) is 0 Å². The molecule has 30 heavy (non-hydrogen) atoms. The fourth-order valence-corrected chi connectivity index (χ4v) is 4.43. The van der Waals surface area contributed by atoms with Crippen LogP contribution < -0.4 is 10.2 Å². The average Bonchev–Trinajstić information content (AvgIpc) is 3.20. The molecule has 1 aliphatic heterocycles. The van der Waals surface area contributed by atoms with Crippen molar-refractivity contribution >= 4 is 33.7 Å². The van der Waals surface area contributed by atoms with E-state index in [1.165, 1.54) is 22.6 Å². The Bertz CT molecular complexity index is 1160. The third kappa shape index (κ3) is 3.17. The predicted molar refractivity (Wildman–Crippen MR) is 115 cm³/mol. The molecule has 2 aliphatic rings. The zero-order chi connectivity index (χ0) is 20.7. The highest BCUT2D eigenvalue weighted by atomic mass is 16.6. The molecule has 1 amide bonds. The summed E-state index contributed by atoms with van der Waals surface area (Å²) in [6.45, 7) is 2.25. The van der Waals surface area contributed by atoms with Crippen molar-refractivity contribution in [2.24, 2.45) is 0 Å². The second kappa shape index (κ2) is 7.42. The van der Waals surface area contributed by atoms with E-state index in [9.17, 15) is 14.9 Å². The van der Waals surface area contributed by atoms with Gasteiger partial charge in [0.15, 0.2) is 0 Å². The second-order valence-corrected chi connectivity index (χ2v) is 7.63. The smallest absolute Gasteiger partial charge is 0.293 e. The van der Waals surface area contributed by atoms with E-state index in [0.29, 0.717) is 32.0 Å². The van der Waals surface area contributed by atoms with Crippen molar-refractivity contribution in [3.8, 4) is 0 Å². The Morgan fingerprint density at radius 3 is 2.57 bits per heavy atom. The van der Waals surface area contributed by atoms with Crippen molar-refractivity contribution in [2.75, 3.05) is 36.5 Å². The molecular weight excluding hydrogens is 382 g/mol. The van der Waals surface area contributed by atoms with Gasteiger partial charge in [-0.1, -0.05) is 24.3 Å². The van der Waals surface area contributed by atoms with Gasteiger partial charge in [0.2, 0.25) is 0 Å². The first-order chi connectivity index (χ1) is 14.6. The van der Waals surface area contributed by atoms with Gasteiger partial charge in [-0.3, -0.25) is 14.9 Å². The number of anilines is 2. The number of hydrogen-bond acceptors (Lipinski definition) is 5. The summed E-state index contributed by atoms with van der Waals surface area (Å²) in [7, 11) is 0. The van der Waals surface area contributed by atoms with Gasteiger partial charge in [0.1, 0.15) is 5.69 Å². The van der Waals surface area contributed by atoms with Crippen LogP contribution in [-0.4, -0.2) is 37.1 Å². The number of rotatable bonds is 4. The van der Waals surface area contributed by atoms with Crippen LogP contribution in [0.2, 0.25) is 0 Å². The van der Waals surface area contributed by atoms with Crippen molar-refractivity contribution in [3.63, 3.8) is 0 Å². The summed E-state index contributed by atoms with van der Waals surface area (Å²) < 4.78 is 5.33. The van der Waals surface area contributed by atoms with E-state index < -0.39 is 4.92 Å². The first-order valence-electron chi connectivity index (χ1n) is 10.1. The number of nitro benzene ring substituents is 1. The number of morpholine rings is 1. The largest absolute Gasteiger partial charge is 0.378 e. The number of nitro groups is 1. The predicted octanol–water partition coefficient (Wildman–Crippen LogP) is 3.94. The molecule has 1 heterocycles. The Kier molecular flexibility index (Phi) is 4.59. The van der Waals surface area contributed by atoms with E-state index in [4.69, 9.17) is 4.74 Å². The lowest BCUT2D eigenvalue weighted by Gasteiger charge is -2.28. The maximum absolute atomic E-state index is 12.9. The molecule has 0 atom stereocenters. The zero-order valence-electron chi connectivity index (χ0n) is 16.4. The molecule has 1 fully saturated rings. The van der Waals surface area contributed by atoms with Crippen molar-refractivity contribution in [2.45, 2.75) is 12.8 Å². The first-order valence-corrected chi connectivity index (χ1v) is 10.1. The van der Waals surface area contributed by atoms with Crippen molar-refractivity contribution in [1.29, 1.82) is 0 Å². The maximum Gasteiger partial charge on any atom is 0.293 e. The van der Waals surface area contributed by atoms with Crippen LogP contribution in [-0.2, 0) is 17.6 Å². The Morgan fingerprint density at radius 1 is 1.03 bits per heavy atom. The number of nitrogens with one attached hydrogen (secondary N) is 1. The van der Waals surface area contributed by atoms with E-state index in [1.54, 1.807) is 12.1 Å². The Hall–Kier alpha value is -3.45. The van der Waals surface area contributed by atoms with Crippen molar-refractivity contribution in [3.05, 3.63) is 75.3 Å². The fraction of sp³-hybridized carbons (Fsp3) is 0.261. The summed E-state index contributed by atoms with van der Waals surface area (Å²) in [6.07, 6.45) is 2.03. The molecule has 7 nitrogen and oxygen atoms in total. The van der Waals surface area contributed by atoms with Gasteiger partial charge in [0, 0.05) is 35.8 Å². The van der Waals surface area contributed by atoms with E-state index in [2.05, 4.69) is 17.4 Å². The van der Waals surface area contributed by atoms with Gasteiger partial charge in [-0.15, -0.1) is 0 Å². The maximum atomic E-state index is 12.9. The highest BCUT2D eigenvalue weighted by Gasteiger charge is 2.24. The van der Waals surface area contributed by atoms with E-state index >= 15 is 0 Å². The van der Waals surface area contributed by atoms with Crippen LogP contribution in [0.3, 0.4) is 0 Å².